The fraction of sp³-hybridized carbons (Fsp3) is 0.222. The highest BCUT2D eigenvalue weighted by molar-refractivity contribution is 7.99. The molecule has 2 amide bonds. The maximum atomic E-state index is 12.6. The maximum absolute atomic E-state index is 12.6. The van der Waals surface area contributed by atoms with Gasteiger partial charge in [-0.25, -0.2) is 0 Å². The minimum atomic E-state index is -1.19. The summed E-state index contributed by atoms with van der Waals surface area (Å²) in [5, 5.41) is 19.5. The molecular formula is C18H17NO4S. The van der Waals surface area contributed by atoms with Gasteiger partial charge in [0.2, 0.25) is 0 Å². The number of carbonyl (C=O) groups is 2. The van der Waals surface area contributed by atoms with Crippen LogP contribution in [-0.2, 0) is 0 Å². The van der Waals surface area contributed by atoms with E-state index in [0.717, 1.165) is 9.80 Å². The van der Waals surface area contributed by atoms with Crippen LogP contribution in [0.5, 0.6) is 0 Å². The third-order valence-electron chi connectivity index (χ3n) is 3.95. The van der Waals surface area contributed by atoms with E-state index in [9.17, 15) is 19.8 Å². The molecule has 0 saturated carbocycles. The number of aliphatic hydroxyl groups is 2. The zero-order valence-corrected chi connectivity index (χ0v) is 13.6. The molecule has 2 unspecified atom stereocenters. The van der Waals surface area contributed by atoms with Crippen molar-refractivity contribution in [2.24, 2.45) is 0 Å². The molecule has 5 nitrogen and oxygen atoms in total. The van der Waals surface area contributed by atoms with Gasteiger partial charge in [-0.05, 0) is 24.3 Å². The molecule has 0 aliphatic carbocycles. The lowest BCUT2D eigenvalue weighted by Crippen LogP contribution is -2.49. The summed E-state index contributed by atoms with van der Waals surface area (Å²) in [7, 11) is 0. The largest absolute Gasteiger partial charge is 0.394 e. The molecule has 0 bridgehead atoms. The van der Waals surface area contributed by atoms with Crippen molar-refractivity contribution in [1.29, 1.82) is 0 Å². The highest BCUT2D eigenvalue weighted by Gasteiger charge is 2.42. The minimum Gasteiger partial charge on any atom is -0.394 e. The topological polar surface area (TPSA) is 77.8 Å². The van der Waals surface area contributed by atoms with Crippen LogP contribution in [0, 0.1) is 0 Å². The van der Waals surface area contributed by atoms with E-state index < -0.39 is 30.6 Å². The second-order valence-electron chi connectivity index (χ2n) is 5.47. The molecule has 24 heavy (non-hydrogen) atoms. The van der Waals surface area contributed by atoms with Gasteiger partial charge in [0.1, 0.15) is 0 Å². The standard InChI is InChI=1S/C18H17NO4S/c20-10-16(21)15(11-24-12-6-2-1-3-7-12)19-17(22)13-8-4-5-9-14(13)18(19)23/h1-9,15-16,20-21H,10-11H2. The first-order valence-corrected chi connectivity index (χ1v) is 8.55. The van der Waals surface area contributed by atoms with Gasteiger partial charge in [0.05, 0.1) is 29.9 Å². The Hall–Kier alpha value is -2.15. The van der Waals surface area contributed by atoms with E-state index in [4.69, 9.17) is 0 Å². The van der Waals surface area contributed by atoms with Crippen molar-refractivity contribution >= 4 is 23.6 Å². The molecule has 2 N–H and O–H groups in total. The fourth-order valence-electron chi connectivity index (χ4n) is 2.69. The number of carbonyl (C=O) groups excluding carboxylic acids is 2. The Labute approximate surface area is 143 Å². The molecule has 0 aromatic heterocycles. The number of imide groups is 1. The molecule has 6 heteroatoms. The van der Waals surface area contributed by atoms with Gasteiger partial charge in [0.25, 0.3) is 11.8 Å². The van der Waals surface area contributed by atoms with Gasteiger partial charge in [-0.1, -0.05) is 30.3 Å². The minimum absolute atomic E-state index is 0.303. The molecule has 0 spiro atoms. The molecule has 0 fully saturated rings. The van der Waals surface area contributed by atoms with Crippen LogP contribution in [0.25, 0.3) is 0 Å². The highest BCUT2D eigenvalue weighted by Crippen LogP contribution is 2.29. The number of amides is 2. The van der Waals surface area contributed by atoms with Gasteiger partial charge >= 0.3 is 0 Å². The molecule has 0 saturated heterocycles. The van der Waals surface area contributed by atoms with Gasteiger partial charge in [-0.15, -0.1) is 11.8 Å². The summed E-state index contributed by atoms with van der Waals surface area (Å²) in [6.07, 6.45) is -1.19. The highest BCUT2D eigenvalue weighted by atomic mass is 32.2. The van der Waals surface area contributed by atoms with E-state index in [2.05, 4.69) is 0 Å². The van der Waals surface area contributed by atoms with Crippen molar-refractivity contribution in [1.82, 2.24) is 4.90 Å². The third kappa shape index (κ3) is 3.08. The van der Waals surface area contributed by atoms with Crippen LogP contribution >= 0.6 is 11.8 Å². The summed E-state index contributed by atoms with van der Waals surface area (Å²) in [6.45, 7) is -0.520. The summed E-state index contributed by atoms with van der Waals surface area (Å²) in [4.78, 5) is 27.2. The number of hydrogen-bond donors (Lipinski definition) is 2. The van der Waals surface area contributed by atoms with Crippen LogP contribution in [0.4, 0.5) is 0 Å². The smallest absolute Gasteiger partial charge is 0.261 e. The zero-order valence-electron chi connectivity index (χ0n) is 12.8. The van der Waals surface area contributed by atoms with Gasteiger partial charge < -0.3 is 10.2 Å². The number of thioether (sulfide) groups is 1. The Kier molecular flexibility index (Phi) is 4.99. The molecule has 1 aliphatic rings. The normalized spacial score (nSPS) is 16.2. The number of hydrogen-bond acceptors (Lipinski definition) is 5. The van der Waals surface area contributed by atoms with E-state index in [-0.39, 0.29) is 0 Å². The molecule has 0 radical (unpaired) electrons. The van der Waals surface area contributed by atoms with Gasteiger partial charge in [0.15, 0.2) is 0 Å². The molecule has 2 aromatic carbocycles. The van der Waals surface area contributed by atoms with E-state index in [1.165, 1.54) is 11.8 Å². The SMILES string of the molecule is O=C1c2ccccc2C(=O)N1C(CSc1ccccc1)C(O)CO. The fourth-order valence-corrected chi connectivity index (χ4v) is 3.77. The Balaban J connectivity index is 1.84. The first kappa shape index (κ1) is 16.7. The molecular weight excluding hydrogens is 326 g/mol. The maximum Gasteiger partial charge on any atom is 0.261 e. The Bertz CT molecular complexity index is 715. The van der Waals surface area contributed by atoms with Crippen LogP contribution in [0.3, 0.4) is 0 Å². The molecule has 1 aliphatic heterocycles. The summed E-state index contributed by atoms with van der Waals surface area (Å²) in [5.74, 6) is -0.555. The van der Waals surface area contributed by atoms with E-state index >= 15 is 0 Å². The quantitative estimate of drug-likeness (QED) is 0.618. The van der Waals surface area contributed by atoms with Crippen molar-refractivity contribution in [3.63, 3.8) is 0 Å². The van der Waals surface area contributed by atoms with Gasteiger partial charge in [0, 0.05) is 10.6 Å². The van der Waals surface area contributed by atoms with Crippen LogP contribution < -0.4 is 0 Å². The Morgan fingerprint density at radius 1 is 0.917 bits per heavy atom. The lowest BCUT2D eigenvalue weighted by molar-refractivity contribution is 0.0208. The van der Waals surface area contributed by atoms with Crippen molar-refractivity contribution < 1.29 is 19.8 Å². The average Bonchev–Trinajstić information content (AvgIpc) is 2.88. The predicted octanol–water partition coefficient (Wildman–Crippen LogP) is 1.80. The molecule has 124 valence electrons. The Morgan fingerprint density at radius 3 is 2.00 bits per heavy atom. The first-order chi connectivity index (χ1) is 11.6. The predicted molar refractivity (Wildman–Crippen MR) is 91.0 cm³/mol. The van der Waals surface area contributed by atoms with Crippen molar-refractivity contribution in [3.8, 4) is 0 Å². The van der Waals surface area contributed by atoms with Crippen LogP contribution in [0.2, 0.25) is 0 Å². The first-order valence-electron chi connectivity index (χ1n) is 7.57. The molecule has 3 rings (SSSR count). The summed E-state index contributed by atoms with van der Waals surface area (Å²) in [6, 6.07) is 15.3. The number of rotatable bonds is 6. The monoisotopic (exact) mass is 343 g/mol. The summed E-state index contributed by atoms with van der Waals surface area (Å²) < 4.78 is 0. The number of fused-ring (bicyclic) bond motifs is 1. The average molecular weight is 343 g/mol. The number of nitrogens with zero attached hydrogens (tertiary/aromatic N) is 1. The van der Waals surface area contributed by atoms with Crippen molar-refractivity contribution in [2.75, 3.05) is 12.4 Å². The number of aliphatic hydroxyl groups excluding tert-OH is 2. The van der Waals surface area contributed by atoms with E-state index in [1.807, 2.05) is 30.3 Å². The van der Waals surface area contributed by atoms with Crippen molar-refractivity contribution in [2.45, 2.75) is 17.0 Å². The van der Waals surface area contributed by atoms with Crippen LogP contribution in [-0.4, -0.2) is 51.4 Å². The Morgan fingerprint density at radius 2 is 1.46 bits per heavy atom. The lowest BCUT2D eigenvalue weighted by Gasteiger charge is -2.29. The van der Waals surface area contributed by atoms with E-state index in [0.29, 0.717) is 16.9 Å². The van der Waals surface area contributed by atoms with Crippen LogP contribution in [0.15, 0.2) is 59.5 Å². The van der Waals surface area contributed by atoms with Gasteiger partial charge in [-0.3, -0.25) is 14.5 Å². The van der Waals surface area contributed by atoms with Crippen molar-refractivity contribution in [3.05, 3.63) is 65.7 Å². The second-order valence-corrected chi connectivity index (χ2v) is 6.56. The molecule has 2 atom stereocenters. The summed E-state index contributed by atoms with van der Waals surface area (Å²) >= 11 is 1.42. The number of benzene rings is 2. The third-order valence-corrected chi connectivity index (χ3v) is 5.07. The second kappa shape index (κ2) is 7.17. The molecule has 1 heterocycles. The van der Waals surface area contributed by atoms with Gasteiger partial charge in [-0.2, -0.15) is 0 Å². The zero-order chi connectivity index (χ0) is 17.1. The lowest BCUT2D eigenvalue weighted by atomic mass is 10.1. The van der Waals surface area contributed by atoms with E-state index in [1.54, 1.807) is 24.3 Å². The van der Waals surface area contributed by atoms with Crippen LogP contribution in [0.1, 0.15) is 20.7 Å². The summed E-state index contributed by atoms with van der Waals surface area (Å²) in [5.41, 5.74) is 0.671. The molecule has 2 aromatic rings.